The standard InChI is InChI=1S/C22H18N6O4/c1-32-22-26-9-15(19(23)28-22)11-5-6-14-17(8-11)25-10-16(20(24)29)18(14)27-13-4-2-3-12(7-13)21(30)31/h2-10H,1H3,(H2,24,29)(H,25,27)(H,30,31)(H2,23,26,28). The molecule has 0 bridgehead atoms. The number of anilines is 3. The Morgan fingerprint density at radius 2 is 1.91 bits per heavy atom. The molecule has 0 aliphatic rings. The predicted molar refractivity (Wildman–Crippen MR) is 119 cm³/mol. The summed E-state index contributed by atoms with van der Waals surface area (Å²) >= 11 is 0. The molecule has 0 unspecified atom stereocenters. The molecule has 0 fully saturated rings. The largest absolute Gasteiger partial charge is 0.478 e. The molecule has 0 spiro atoms. The molecule has 0 saturated heterocycles. The van der Waals surface area contributed by atoms with Gasteiger partial charge in [0.2, 0.25) is 0 Å². The Labute approximate surface area is 181 Å². The van der Waals surface area contributed by atoms with Gasteiger partial charge >= 0.3 is 12.0 Å². The van der Waals surface area contributed by atoms with Gasteiger partial charge < -0.3 is 26.6 Å². The fourth-order valence-electron chi connectivity index (χ4n) is 3.26. The maximum absolute atomic E-state index is 12.0. The number of nitrogens with zero attached hydrogens (tertiary/aromatic N) is 3. The van der Waals surface area contributed by atoms with Crippen molar-refractivity contribution in [2.24, 2.45) is 5.73 Å². The summed E-state index contributed by atoms with van der Waals surface area (Å²) in [5.74, 6) is -1.49. The second kappa shape index (κ2) is 8.19. The SMILES string of the molecule is COc1ncc(-c2ccc3c(Nc4cccc(C(=O)O)c4)c(C(N)=O)cnc3c2)c(N)n1. The Morgan fingerprint density at radius 3 is 2.59 bits per heavy atom. The zero-order valence-electron chi connectivity index (χ0n) is 16.9. The van der Waals surface area contributed by atoms with Crippen molar-refractivity contribution in [3.63, 3.8) is 0 Å². The first kappa shape index (κ1) is 20.5. The van der Waals surface area contributed by atoms with E-state index in [4.69, 9.17) is 16.2 Å². The number of nitrogen functional groups attached to an aromatic ring is 1. The second-order valence-corrected chi connectivity index (χ2v) is 6.81. The van der Waals surface area contributed by atoms with Crippen LogP contribution in [0.1, 0.15) is 20.7 Å². The molecule has 0 atom stereocenters. The molecule has 10 heteroatoms. The number of benzene rings is 2. The van der Waals surface area contributed by atoms with Crippen LogP contribution in [0.15, 0.2) is 54.9 Å². The Hall–Kier alpha value is -4.73. The smallest absolute Gasteiger partial charge is 0.335 e. The number of rotatable bonds is 6. The molecule has 0 radical (unpaired) electrons. The number of hydrogen-bond acceptors (Lipinski definition) is 8. The minimum Gasteiger partial charge on any atom is -0.478 e. The van der Waals surface area contributed by atoms with Crippen molar-refractivity contribution in [1.29, 1.82) is 0 Å². The lowest BCUT2D eigenvalue weighted by molar-refractivity contribution is 0.0696. The molecule has 0 aliphatic heterocycles. The molecule has 1 amide bonds. The summed E-state index contributed by atoms with van der Waals surface area (Å²) < 4.78 is 4.98. The monoisotopic (exact) mass is 430 g/mol. The zero-order valence-corrected chi connectivity index (χ0v) is 16.9. The Morgan fingerprint density at radius 1 is 1.09 bits per heavy atom. The number of nitrogens with one attached hydrogen (secondary N) is 1. The molecule has 2 aromatic carbocycles. The fourth-order valence-corrected chi connectivity index (χ4v) is 3.26. The van der Waals surface area contributed by atoms with Gasteiger partial charge in [-0.3, -0.25) is 9.78 Å². The van der Waals surface area contributed by atoms with E-state index in [9.17, 15) is 14.7 Å². The van der Waals surface area contributed by atoms with Gasteiger partial charge in [-0.15, -0.1) is 0 Å². The summed E-state index contributed by atoms with van der Waals surface area (Å²) in [6.45, 7) is 0. The van der Waals surface area contributed by atoms with Crippen LogP contribution in [0.3, 0.4) is 0 Å². The zero-order chi connectivity index (χ0) is 22.8. The first-order valence-electron chi connectivity index (χ1n) is 9.37. The first-order valence-corrected chi connectivity index (χ1v) is 9.37. The van der Waals surface area contributed by atoms with E-state index in [-0.39, 0.29) is 23.0 Å². The van der Waals surface area contributed by atoms with E-state index in [1.54, 1.807) is 36.5 Å². The Kier molecular flexibility index (Phi) is 5.25. The van der Waals surface area contributed by atoms with Crippen molar-refractivity contribution in [1.82, 2.24) is 15.0 Å². The Balaban J connectivity index is 1.83. The predicted octanol–water partition coefficient (Wildman–Crippen LogP) is 2.82. The minimum atomic E-state index is -1.06. The third-order valence-electron chi connectivity index (χ3n) is 4.80. The van der Waals surface area contributed by atoms with Crippen LogP contribution in [-0.2, 0) is 0 Å². The van der Waals surface area contributed by atoms with Crippen molar-refractivity contribution < 1.29 is 19.4 Å². The first-order chi connectivity index (χ1) is 15.4. The average molecular weight is 430 g/mol. The summed E-state index contributed by atoms with van der Waals surface area (Å²) in [5.41, 5.74) is 14.6. The van der Waals surface area contributed by atoms with Crippen LogP contribution in [0.25, 0.3) is 22.0 Å². The van der Waals surface area contributed by atoms with Crippen LogP contribution in [-0.4, -0.2) is 39.0 Å². The highest BCUT2D eigenvalue weighted by molar-refractivity contribution is 6.08. The van der Waals surface area contributed by atoms with Crippen LogP contribution in [0.4, 0.5) is 17.2 Å². The minimum absolute atomic E-state index is 0.103. The number of carbonyl (C=O) groups excluding carboxylic acids is 1. The maximum atomic E-state index is 12.0. The molecular weight excluding hydrogens is 412 g/mol. The summed E-state index contributed by atoms with van der Waals surface area (Å²) in [5, 5.41) is 13.0. The lowest BCUT2D eigenvalue weighted by Gasteiger charge is -2.14. The van der Waals surface area contributed by atoms with Gasteiger partial charge in [-0.05, 0) is 29.8 Å². The van der Waals surface area contributed by atoms with Crippen molar-refractivity contribution in [3.8, 4) is 17.1 Å². The lowest BCUT2D eigenvalue weighted by Crippen LogP contribution is -2.14. The average Bonchev–Trinajstić information content (AvgIpc) is 2.78. The summed E-state index contributed by atoms with van der Waals surface area (Å²) in [7, 11) is 1.45. The molecule has 2 heterocycles. The van der Waals surface area contributed by atoms with Crippen LogP contribution < -0.4 is 21.5 Å². The number of ether oxygens (including phenoxy) is 1. The number of primary amides is 1. The number of carboxylic acid groups (broad SMARTS) is 1. The molecule has 6 N–H and O–H groups in total. The summed E-state index contributed by atoms with van der Waals surface area (Å²) in [6, 6.07) is 11.7. The number of aromatic carboxylic acids is 1. The molecule has 0 aliphatic carbocycles. The van der Waals surface area contributed by atoms with E-state index in [2.05, 4.69) is 20.3 Å². The number of fused-ring (bicyclic) bond motifs is 1. The van der Waals surface area contributed by atoms with Gasteiger partial charge in [-0.2, -0.15) is 4.98 Å². The van der Waals surface area contributed by atoms with E-state index < -0.39 is 11.9 Å². The van der Waals surface area contributed by atoms with E-state index in [0.29, 0.717) is 27.8 Å². The van der Waals surface area contributed by atoms with Gasteiger partial charge in [-0.25, -0.2) is 9.78 Å². The van der Waals surface area contributed by atoms with Gasteiger partial charge in [0.1, 0.15) is 5.82 Å². The topological polar surface area (TPSA) is 166 Å². The molecule has 4 aromatic rings. The van der Waals surface area contributed by atoms with Crippen molar-refractivity contribution in [3.05, 3.63) is 66.0 Å². The Bertz CT molecular complexity index is 1370. The fraction of sp³-hybridized carbons (Fsp3) is 0.0455. The van der Waals surface area contributed by atoms with E-state index in [1.807, 2.05) is 0 Å². The van der Waals surface area contributed by atoms with E-state index in [1.165, 1.54) is 25.4 Å². The molecule has 32 heavy (non-hydrogen) atoms. The van der Waals surface area contributed by atoms with Crippen LogP contribution in [0.5, 0.6) is 6.01 Å². The number of nitrogens with two attached hydrogens (primary N) is 2. The van der Waals surface area contributed by atoms with Gasteiger partial charge in [0.25, 0.3) is 5.91 Å². The van der Waals surface area contributed by atoms with Gasteiger partial charge in [0.05, 0.1) is 29.4 Å². The molecule has 0 saturated carbocycles. The number of methoxy groups -OCH3 is 1. The van der Waals surface area contributed by atoms with E-state index in [0.717, 1.165) is 5.56 Å². The molecular formula is C22H18N6O4. The third kappa shape index (κ3) is 3.84. The number of amides is 1. The quantitative estimate of drug-likeness (QED) is 0.359. The normalized spacial score (nSPS) is 10.7. The molecule has 4 rings (SSSR count). The van der Waals surface area contributed by atoms with Crippen molar-refractivity contribution in [2.45, 2.75) is 0 Å². The number of hydrogen-bond donors (Lipinski definition) is 4. The van der Waals surface area contributed by atoms with Crippen molar-refractivity contribution in [2.75, 3.05) is 18.2 Å². The second-order valence-electron chi connectivity index (χ2n) is 6.81. The highest BCUT2D eigenvalue weighted by Gasteiger charge is 2.16. The number of aromatic nitrogens is 3. The maximum Gasteiger partial charge on any atom is 0.335 e. The molecule has 2 aromatic heterocycles. The summed E-state index contributed by atoms with van der Waals surface area (Å²) in [4.78, 5) is 35.9. The van der Waals surface area contributed by atoms with Gasteiger partial charge in [0, 0.05) is 29.0 Å². The number of pyridine rings is 1. The van der Waals surface area contributed by atoms with Crippen molar-refractivity contribution >= 4 is 40.0 Å². The van der Waals surface area contributed by atoms with Crippen LogP contribution >= 0.6 is 0 Å². The third-order valence-corrected chi connectivity index (χ3v) is 4.80. The molecule has 160 valence electrons. The van der Waals surface area contributed by atoms with Crippen LogP contribution in [0.2, 0.25) is 0 Å². The van der Waals surface area contributed by atoms with Crippen LogP contribution in [0, 0.1) is 0 Å². The highest BCUT2D eigenvalue weighted by atomic mass is 16.5. The van der Waals surface area contributed by atoms with E-state index >= 15 is 0 Å². The van der Waals surface area contributed by atoms with Gasteiger partial charge in [-0.1, -0.05) is 18.2 Å². The molecule has 10 nitrogen and oxygen atoms in total. The number of carbonyl (C=O) groups is 2. The van der Waals surface area contributed by atoms with Gasteiger partial charge in [0.15, 0.2) is 0 Å². The lowest BCUT2D eigenvalue weighted by atomic mass is 10.0. The number of carboxylic acids is 1. The highest BCUT2D eigenvalue weighted by Crippen LogP contribution is 2.33. The summed E-state index contributed by atoms with van der Waals surface area (Å²) in [6.07, 6.45) is 2.92.